The van der Waals surface area contributed by atoms with E-state index in [1.165, 1.54) is 0 Å². The van der Waals surface area contributed by atoms with Crippen LogP contribution in [0, 0.1) is 0 Å². The first-order valence-corrected chi connectivity index (χ1v) is 11.4. The number of benzene rings is 3. The van der Waals surface area contributed by atoms with E-state index in [4.69, 9.17) is 21.6 Å². The number of nitrogens with one attached hydrogen (secondary N) is 1. The maximum atomic E-state index is 12.7. The van der Waals surface area contributed by atoms with Crippen molar-refractivity contribution in [1.82, 2.24) is 24.8 Å². The van der Waals surface area contributed by atoms with Gasteiger partial charge in [0.2, 0.25) is 0 Å². The van der Waals surface area contributed by atoms with Crippen LogP contribution in [0.25, 0.3) is 33.5 Å². The Balaban J connectivity index is 1.44. The Morgan fingerprint density at radius 1 is 0.882 bits per heavy atom. The van der Waals surface area contributed by atoms with Gasteiger partial charge < -0.3 is 9.88 Å². The molecule has 6 nitrogen and oxygen atoms in total. The van der Waals surface area contributed by atoms with Crippen LogP contribution in [-0.2, 0) is 6.54 Å². The second kappa shape index (κ2) is 9.85. The number of imidazole rings is 1. The minimum atomic E-state index is -0.130. The van der Waals surface area contributed by atoms with Gasteiger partial charge in [0, 0.05) is 47.2 Å². The van der Waals surface area contributed by atoms with Crippen molar-refractivity contribution in [3.63, 3.8) is 0 Å². The number of nitrogens with zero attached hydrogens (tertiary/aromatic N) is 4. The van der Waals surface area contributed by atoms with Gasteiger partial charge in [-0.3, -0.25) is 4.79 Å². The van der Waals surface area contributed by atoms with Crippen LogP contribution < -0.4 is 5.32 Å². The van der Waals surface area contributed by atoms with Crippen molar-refractivity contribution in [2.24, 2.45) is 0 Å². The first-order chi connectivity index (χ1) is 16.7. The summed E-state index contributed by atoms with van der Waals surface area (Å²) in [6.07, 6.45) is 6.24. The molecule has 7 heteroatoms. The smallest absolute Gasteiger partial charge is 0.251 e. The Hall–Kier alpha value is -4.03. The third kappa shape index (κ3) is 4.82. The van der Waals surface area contributed by atoms with E-state index in [9.17, 15) is 4.79 Å². The summed E-state index contributed by atoms with van der Waals surface area (Å²) in [7, 11) is 0. The molecule has 0 unspecified atom stereocenters. The van der Waals surface area contributed by atoms with Crippen LogP contribution in [0.1, 0.15) is 16.8 Å². The van der Waals surface area contributed by atoms with Gasteiger partial charge in [0.15, 0.2) is 0 Å². The summed E-state index contributed by atoms with van der Waals surface area (Å²) in [5.41, 5.74) is 5.36. The molecule has 5 aromatic rings. The van der Waals surface area contributed by atoms with Crippen LogP contribution in [0.4, 0.5) is 0 Å². The van der Waals surface area contributed by atoms with E-state index in [0.717, 1.165) is 41.0 Å². The number of carbonyl (C=O) groups is 1. The first-order valence-electron chi connectivity index (χ1n) is 11.0. The molecule has 0 atom stereocenters. The molecule has 0 aliphatic rings. The number of aromatic nitrogens is 4. The van der Waals surface area contributed by atoms with Crippen molar-refractivity contribution in [2.75, 3.05) is 6.54 Å². The highest BCUT2D eigenvalue weighted by Crippen LogP contribution is 2.31. The molecule has 1 amide bonds. The van der Waals surface area contributed by atoms with Crippen LogP contribution in [0.15, 0.2) is 91.5 Å². The van der Waals surface area contributed by atoms with Gasteiger partial charge in [0.25, 0.3) is 5.91 Å². The number of aryl methyl sites for hydroxylation is 1. The van der Waals surface area contributed by atoms with Crippen molar-refractivity contribution >= 4 is 28.5 Å². The molecule has 2 aromatic heterocycles. The number of carbonyl (C=O) groups excluding carboxylic acids is 1. The molecule has 0 spiro atoms. The quantitative estimate of drug-likeness (QED) is 0.315. The maximum Gasteiger partial charge on any atom is 0.251 e. The van der Waals surface area contributed by atoms with E-state index in [0.29, 0.717) is 22.6 Å². The summed E-state index contributed by atoms with van der Waals surface area (Å²) in [4.78, 5) is 26.6. The molecule has 0 fully saturated rings. The van der Waals surface area contributed by atoms with Crippen molar-refractivity contribution in [3.05, 3.63) is 102 Å². The zero-order valence-electron chi connectivity index (χ0n) is 18.4. The summed E-state index contributed by atoms with van der Waals surface area (Å²) in [6, 6.07) is 22.9. The molecule has 0 aliphatic carbocycles. The summed E-state index contributed by atoms with van der Waals surface area (Å²) < 4.78 is 1.99. The number of hydrogen-bond donors (Lipinski definition) is 1. The lowest BCUT2D eigenvalue weighted by atomic mass is 10.0. The fraction of sp³-hybridized carbons (Fsp3) is 0.111. The molecule has 5 rings (SSSR count). The van der Waals surface area contributed by atoms with E-state index in [1.54, 1.807) is 24.7 Å². The number of halogens is 1. The number of hydrogen-bond acceptors (Lipinski definition) is 4. The van der Waals surface area contributed by atoms with Gasteiger partial charge in [-0.05, 0) is 36.8 Å². The van der Waals surface area contributed by atoms with Crippen molar-refractivity contribution < 1.29 is 4.79 Å². The molecule has 0 saturated heterocycles. The summed E-state index contributed by atoms with van der Waals surface area (Å²) in [6.45, 7) is 1.37. The SMILES string of the molecule is O=C(NCCCn1ccnc1)c1ccc2nc(-c3ccccc3)c(-c3ccc(Cl)cc3)nc2c1. The Morgan fingerprint density at radius 2 is 1.62 bits per heavy atom. The predicted molar refractivity (Wildman–Crippen MR) is 135 cm³/mol. The average Bonchev–Trinajstić information content (AvgIpc) is 3.40. The summed E-state index contributed by atoms with van der Waals surface area (Å²) in [5.74, 6) is -0.130. The number of fused-ring (bicyclic) bond motifs is 1. The van der Waals surface area contributed by atoms with Crippen LogP contribution >= 0.6 is 11.6 Å². The highest BCUT2D eigenvalue weighted by molar-refractivity contribution is 6.30. The average molecular weight is 468 g/mol. The van der Waals surface area contributed by atoms with Crippen LogP contribution in [0.5, 0.6) is 0 Å². The first kappa shape index (κ1) is 21.8. The Kier molecular flexibility index (Phi) is 6.31. The van der Waals surface area contributed by atoms with E-state index < -0.39 is 0 Å². The van der Waals surface area contributed by atoms with Gasteiger partial charge >= 0.3 is 0 Å². The largest absolute Gasteiger partial charge is 0.352 e. The molecular weight excluding hydrogens is 446 g/mol. The van der Waals surface area contributed by atoms with Crippen molar-refractivity contribution in [3.8, 4) is 22.5 Å². The predicted octanol–water partition coefficient (Wildman–Crippen LogP) is 5.63. The molecule has 1 N–H and O–H groups in total. The van der Waals surface area contributed by atoms with Gasteiger partial charge in [-0.25, -0.2) is 15.0 Å². The zero-order chi connectivity index (χ0) is 23.3. The van der Waals surface area contributed by atoms with Crippen LogP contribution in [0.3, 0.4) is 0 Å². The lowest BCUT2D eigenvalue weighted by molar-refractivity contribution is 0.0953. The molecule has 2 heterocycles. The fourth-order valence-electron chi connectivity index (χ4n) is 3.79. The lowest BCUT2D eigenvalue weighted by Gasteiger charge is -2.12. The van der Waals surface area contributed by atoms with Gasteiger partial charge in [0.1, 0.15) is 0 Å². The molecule has 0 radical (unpaired) electrons. The summed E-state index contributed by atoms with van der Waals surface area (Å²) in [5, 5.41) is 3.64. The lowest BCUT2D eigenvalue weighted by Crippen LogP contribution is -2.25. The second-order valence-corrected chi connectivity index (χ2v) is 8.34. The Morgan fingerprint density at radius 3 is 2.35 bits per heavy atom. The molecule has 168 valence electrons. The van der Waals surface area contributed by atoms with Gasteiger partial charge in [-0.15, -0.1) is 0 Å². The molecule has 34 heavy (non-hydrogen) atoms. The third-order valence-corrected chi connectivity index (χ3v) is 5.78. The van der Waals surface area contributed by atoms with E-state index in [-0.39, 0.29) is 5.91 Å². The molecule has 0 aliphatic heterocycles. The van der Waals surface area contributed by atoms with E-state index >= 15 is 0 Å². The molecular formula is C27H22ClN5O. The number of amides is 1. The highest BCUT2D eigenvalue weighted by Gasteiger charge is 2.15. The minimum Gasteiger partial charge on any atom is -0.352 e. The van der Waals surface area contributed by atoms with Gasteiger partial charge in [-0.1, -0.05) is 54.1 Å². The highest BCUT2D eigenvalue weighted by atomic mass is 35.5. The maximum absolute atomic E-state index is 12.7. The third-order valence-electron chi connectivity index (χ3n) is 5.53. The van der Waals surface area contributed by atoms with Crippen LogP contribution in [0.2, 0.25) is 5.02 Å². The zero-order valence-corrected chi connectivity index (χ0v) is 19.1. The minimum absolute atomic E-state index is 0.130. The topological polar surface area (TPSA) is 72.7 Å². The van der Waals surface area contributed by atoms with Gasteiger partial charge in [-0.2, -0.15) is 0 Å². The van der Waals surface area contributed by atoms with Gasteiger partial charge in [0.05, 0.1) is 28.7 Å². The van der Waals surface area contributed by atoms with Crippen LogP contribution in [-0.4, -0.2) is 32.0 Å². The molecule has 0 saturated carbocycles. The Bertz CT molecular complexity index is 1420. The standard InChI is InChI=1S/C27H22ClN5O/c28-22-10-7-20(8-11-22)26-25(19-5-2-1-3-6-19)31-23-12-9-21(17-24(23)32-26)27(34)30-13-4-15-33-16-14-29-18-33/h1-3,5-12,14,16-18H,4,13,15H2,(H,30,34). The monoisotopic (exact) mass is 467 g/mol. The second-order valence-electron chi connectivity index (χ2n) is 7.91. The van der Waals surface area contributed by atoms with Crippen molar-refractivity contribution in [2.45, 2.75) is 13.0 Å². The fourth-order valence-corrected chi connectivity index (χ4v) is 3.91. The van der Waals surface area contributed by atoms with E-state index in [1.807, 2.05) is 71.4 Å². The number of rotatable bonds is 7. The van der Waals surface area contributed by atoms with Crippen molar-refractivity contribution in [1.29, 1.82) is 0 Å². The molecule has 3 aromatic carbocycles. The normalized spacial score (nSPS) is 11.0. The Labute approximate surface area is 202 Å². The van der Waals surface area contributed by atoms with E-state index in [2.05, 4.69) is 10.3 Å². The summed E-state index contributed by atoms with van der Waals surface area (Å²) >= 11 is 6.10. The molecule has 0 bridgehead atoms.